The highest BCUT2D eigenvalue weighted by Crippen LogP contribution is 2.18. The molecule has 0 saturated heterocycles. The summed E-state index contributed by atoms with van der Waals surface area (Å²) in [6.07, 6.45) is 3.47. The molecule has 20 heavy (non-hydrogen) atoms. The van der Waals surface area contributed by atoms with E-state index in [-0.39, 0.29) is 11.7 Å². The van der Waals surface area contributed by atoms with E-state index < -0.39 is 0 Å². The number of amides is 1. The average Bonchev–Trinajstić information content (AvgIpc) is 3.12. The molecule has 0 bridgehead atoms. The van der Waals surface area contributed by atoms with E-state index in [1.54, 1.807) is 6.07 Å². The van der Waals surface area contributed by atoms with E-state index in [0.29, 0.717) is 30.5 Å². The van der Waals surface area contributed by atoms with Gasteiger partial charge in [0, 0.05) is 19.0 Å². The van der Waals surface area contributed by atoms with Gasteiger partial charge in [0.05, 0.1) is 11.0 Å². The number of benzene rings is 1. The van der Waals surface area contributed by atoms with Crippen molar-refractivity contribution in [2.75, 3.05) is 11.9 Å². The molecular weight excluding hydrogens is 259 g/mol. The van der Waals surface area contributed by atoms with Crippen LogP contribution in [0.15, 0.2) is 18.2 Å². The zero-order valence-electron chi connectivity index (χ0n) is 11.1. The Balaban J connectivity index is 1.45. The molecule has 1 heterocycles. The first kappa shape index (κ1) is 12.9. The van der Waals surface area contributed by atoms with Gasteiger partial charge >= 0.3 is 0 Å². The molecule has 6 heteroatoms. The van der Waals surface area contributed by atoms with Crippen LogP contribution in [0.25, 0.3) is 11.0 Å². The van der Waals surface area contributed by atoms with Crippen molar-refractivity contribution in [3.63, 3.8) is 0 Å². The van der Waals surface area contributed by atoms with Gasteiger partial charge in [0.1, 0.15) is 5.82 Å². The smallest absolute Gasteiger partial charge is 0.220 e. The molecule has 0 atom stereocenters. The number of imidazole rings is 1. The number of nitrogens with one attached hydrogen (secondary N) is 3. The summed E-state index contributed by atoms with van der Waals surface area (Å²) >= 11 is 0. The zero-order chi connectivity index (χ0) is 13.9. The number of nitrogens with zero attached hydrogens (tertiary/aromatic N) is 1. The second kappa shape index (κ2) is 5.48. The van der Waals surface area contributed by atoms with Crippen LogP contribution in [0.5, 0.6) is 0 Å². The Kier molecular flexibility index (Phi) is 3.54. The van der Waals surface area contributed by atoms with Crippen LogP contribution < -0.4 is 10.6 Å². The van der Waals surface area contributed by atoms with Gasteiger partial charge in [-0.2, -0.15) is 0 Å². The fraction of sp³-hybridized carbons (Fsp3) is 0.429. The largest absolute Gasteiger partial charge is 0.356 e. The standard InChI is InChI=1S/C14H17FN4O/c15-9-3-6-11-12(8-9)19-14(18-11)16-7-1-2-13(20)17-10-4-5-10/h3,6,8,10H,1-2,4-5,7H2,(H,17,20)(H2,16,18,19). The number of rotatable bonds is 6. The number of hydrogen-bond donors (Lipinski definition) is 3. The minimum Gasteiger partial charge on any atom is -0.356 e. The molecule has 2 aromatic rings. The van der Waals surface area contributed by atoms with Crippen LogP contribution in [0.1, 0.15) is 25.7 Å². The molecular formula is C14H17FN4O. The summed E-state index contributed by atoms with van der Waals surface area (Å²) in [5.41, 5.74) is 1.39. The molecule has 1 fully saturated rings. The molecule has 0 aliphatic heterocycles. The molecule has 1 saturated carbocycles. The highest BCUT2D eigenvalue weighted by Gasteiger charge is 2.22. The quantitative estimate of drug-likeness (QED) is 0.708. The van der Waals surface area contributed by atoms with Crippen molar-refractivity contribution in [1.82, 2.24) is 15.3 Å². The van der Waals surface area contributed by atoms with Gasteiger partial charge in [-0.25, -0.2) is 9.37 Å². The van der Waals surface area contributed by atoms with Gasteiger partial charge < -0.3 is 15.6 Å². The average molecular weight is 276 g/mol. The maximum Gasteiger partial charge on any atom is 0.220 e. The molecule has 0 radical (unpaired) electrons. The van der Waals surface area contributed by atoms with Crippen molar-refractivity contribution in [2.45, 2.75) is 31.7 Å². The molecule has 1 aromatic carbocycles. The second-order valence-electron chi connectivity index (χ2n) is 5.12. The Bertz CT molecular complexity index is 621. The Hall–Kier alpha value is -2.11. The number of aromatic amines is 1. The summed E-state index contributed by atoms with van der Waals surface area (Å²) in [6, 6.07) is 4.85. The molecule has 1 aliphatic rings. The number of anilines is 1. The van der Waals surface area contributed by atoms with Gasteiger partial charge in [0.25, 0.3) is 0 Å². The third kappa shape index (κ3) is 3.26. The Labute approximate surface area is 116 Å². The van der Waals surface area contributed by atoms with Crippen LogP contribution in [0.3, 0.4) is 0 Å². The van der Waals surface area contributed by atoms with E-state index in [1.165, 1.54) is 12.1 Å². The van der Waals surface area contributed by atoms with Crippen molar-refractivity contribution in [3.05, 3.63) is 24.0 Å². The van der Waals surface area contributed by atoms with Crippen LogP contribution in [0.4, 0.5) is 10.3 Å². The highest BCUT2D eigenvalue weighted by molar-refractivity contribution is 5.77. The van der Waals surface area contributed by atoms with Crippen LogP contribution in [0.2, 0.25) is 0 Å². The molecule has 0 unspecified atom stereocenters. The number of carbonyl (C=O) groups excluding carboxylic acids is 1. The van der Waals surface area contributed by atoms with E-state index in [4.69, 9.17) is 0 Å². The molecule has 106 valence electrons. The SMILES string of the molecule is O=C(CCCNc1nc2ccc(F)cc2[nH]1)NC1CC1. The van der Waals surface area contributed by atoms with Gasteiger partial charge in [0.2, 0.25) is 11.9 Å². The molecule has 5 nitrogen and oxygen atoms in total. The van der Waals surface area contributed by atoms with Crippen molar-refractivity contribution in [1.29, 1.82) is 0 Å². The maximum absolute atomic E-state index is 13.0. The van der Waals surface area contributed by atoms with Crippen molar-refractivity contribution in [3.8, 4) is 0 Å². The summed E-state index contributed by atoms with van der Waals surface area (Å²) in [4.78, 5) is 18.8. The highest BCUT2D eigenvalue weighted by atomic mass is 19.1. The predicted molar refractivity (Wildman–Crippen MR) is 74.9 cm³/mol. The van der Waals surface area contributed by atoms with Gasteiger partial charge in [0.15, 0.2) is 0 Å². The van der Waals surface area contributed by atoms with E-state index in [1.807, 2.05) is 0 Å². The lowest BCUT2D eigenvalue weighted by Gasteiger charge is -2.04. The van der Waals surface area contributed by atoms with E-state index in [0.717, 1.165) is 24.8 Å². The third-order valence-corrected chi connectivity index (χ3v) is 3.26. The topological polar surface area (TPSA) is 69.8 Å². The van der Waals surface area contributed by atoms with Crippen molar-refractivity contribution < 1.29 is 9.18 Å². The summed E-state index contributed by atoms with van der Waals surface area (Å²) in [7, 11) is 0. The van der Waals surface area contributed by atoms with Crippen LogP contribution in [-0.4, -0.2) is 28.5 Å². The Morgan fingerprint density at radius 3 is 3.10 bits per heavy atom. The second-order valence-corrected chi connectivity index (χ2v) is 5.12. The summed E-state index contributed by atoms with van der Waals surface area (Å²) in [6.45, 7) is 0.653. The number of fused-ring (bicyclic) bond motifs is 1. The molecule has 1 aliphatic carbocycles. The molecule has 1 aromatic heterocycles. The maximum atomic E-state index is 13.0. The number of carbonyl (C=O) groups is 1. The Morgan fingerprint density at radius 2 is 2.30 bits per heavy atom. The lowest BCUT2D eigenvalue weighted by molar-refractivity contribution is -0.121. The van der Waals surface area contributed by atoms with Crippen LogP contribution in [0, 0.1) is 5.82 Å². The van der Waals surface area contributed by atoms with Crippen molar-refractivity contribution in [2.24, 2.45) is 0 Å². The van der Waals surface area contributed by atoms with Gasteiger partial charge in [-0.1, -0.05) is 0 Å². The van der Waals surface area contributed by atoms with Gasteiger partial charge in [-0.05, 0) is 37.5 Å². The Morgan fingerprint density at radius 1 is 1.45 bits per heavy atom. The minimum atomic E-state index is -0.288. The fourth-order valence-electron chi connectivity index (χ4n) is 2.05. The first-order chi connectivity index (χ1) is 9.70. The number of H-pyrrole nitrogens is 1. The van der Waals surface area contributed by atoms with Crippen LogP contribution in [-0.2, 0) is 4.79 Å². The molecule has 0 spiro atoms. The normalized spacial score (nSPS) is 14.4. The van der Waals surface area contributed by atoms with E-state index >= 15 is 0 Å². The van der Waals surface area contributed by atoms with E-state index in [2.05, 4.69) is 20.6 Å². The number of hydrogen-bond acceptors (Lipinski definition) is 3. The molecule has 3 N–H and O–H groups in total. The number of aromatic nitrogens is 2. The van der Waals surface area contributed by atoms with Gasteiger partial charge in [-0.3, -0.25) is 4.79 Å². The zero-order valence-corrected chi connectivity index (χ0v) is 11.1. The number of halogens is 1. The lowest BCUT2D eigenvalue weighted by Crippen LogP contribution is -2.25. The summed E-state index contributed by atoms with van der Waals surface area (Å²) < 4.78 is 13.0. The predicted octanol–water partition coefficient (Wildman–Crippen LogP) is 2.17. The third-order valence-electron chi connectivity index (χ3n) is 3.26. The van der Waals surface area contributed by atoms with E-state index in [9.17, 15) is 9.18 Å². The lowest BCUT2D eigenvalue weighted by atomic mass is 10.3. The first-order valence-electron chi connectivity index (χ1n) is 6.89. The minimum absolute atomic E-state index is 0.112. The molecule has 1 amide bonds. The van der Waals surface area contributed by atoms with Gasteiger partial charge in [-0.15, -0.1) is 0 Å². The first-order valence-corrected chi connectivity index (χ1v) is 6.89. The monoisotopic (exact) mass is 276 g/mol. The van der Waals surface area contributed by atoms with Crippen LogP contribution >= 0.6 is 0 Å². The molecule has 3 rings (SSSR count). The van der Waals surface area contributed by atoms with Crippen molar-refractivity contribution >= 4 is 22.9 Å². The fourth-order valence-corrected chi connectivity index (χ4v) is 2.05. The summed E-state index contributed by atoms with van der Waals surface area (Å²) in [5, 5.41) is 6.06. The summed E-state index contributed by atoms with van der Waals surface area (Å²) in [5.74, 6) is 0.429.